The molecule has 0 amide bonds. The van der Waals surface area contributed by atoms with Crippen molar-refractivity contribution < 1.29 is 0 Å². The molecule has 0 unspecified atom stereocenters. The van der Waals surface area contributed by atoms with Crippen molar-refractivity contribution in [1.82, 2.24) is 0 Å². The molecule has 1 nitrogen and oxygen atoms in total. The molecule has 0 N–H and O–H groups in total. The van der Waals surface area contributed by atoms with Crippen LogP contribution in [0.2, 0.25) is 0 Å². The molecule has 1 heteroatoms. The molecule has 0 spiro atoms. The summed E-state index contributed by atoms with van der Waals surface area (Å²) in [5.74, 6) is 0. The molecule has 0 radical (unpaired) electrons. The van der Waals surface area contributed by atoms with Crippen LogP contribution in [0.1, 0.15) is 41.0 Å². The highest BCUT2D eigenvalue weighted by Gasteiger charge is 1.88. The van der Waals surface area contributed by atoms with Crippen molar-refractivity contribution in [3.05, 3.63) is 23.4 Å². The fraction of sp³-hybridized carbons (Fsp3) is 0.545. The van der Waals surface area contributed by atoms with Gasteiger partial charge in [-0.3, -0.25) is 4.99 Å². The lowest BCUT2D eigenvalue weighted by Crippen LogP contribution is -1.86. The second kappa shape index (κ2) is 5.76. The Morgan fingerprint density at radius 3 is 2.17 bits per heavy atom. The second-order valence-electron chi connectivity index (χ2n) is 3.15. The molecule has 0 saturated carbocycles. The van der Waals surface area contributed by atoms with Crippen LogP contribution < -0.4 is 0 Å². The van der Waals surface area contributed by atoms with Crippen molar-refractivity contribution >= 4 is 5.71 Å². The maximum atomic E-state index is 4.42. The predicted molar refractivity (Wildman–Crippen MR) is 56.6 cm³/mol. The lowest BCUT2D eigenvalue weighted by Gasteiger charge is -1.96. The molecule has 68 valence electrons. The average Bonchev–Trinajstić information content (AvgIpc) is 2.00. The van der Waals surface area contributed by atoms with Crippen LogP contribution in [0.15, 0.2) is 28.4 Å². The molecule has 0 aromatic heterocycles. The van der Waals surface area contributed by atoms with E-state index in [9.17, 15) is 0 Å². The van der Waals surface area contributed by atoms with Crippen molar-refractivity contribution in [2.75, 3.05) is 0 Å². The van der Waals surface area contributed by atoms with Gasteiger partial charge in [-0.25, -0.2) is 0 Å². The van der Waals surface area contributed by atoms with E-state index in [4.69, 9.17) is 0 Å². The molecule has 0 bridgehead atoms. The Morgan fingerprint density at radius 1 is 1.17 bits per heavy atom. The van der Waals surface area contributed by atoms with E-state index in [1.165, 1.54) is 5.57 Å². The zero-order valence-corrected chi connectivity index (χ0v) is 8.81. The van der Waals surface area contributed by atoms with Gasteiger partial charge in [0, 0.05) is 11.4 Å². The van der Waals surface area contributed by atoms with Crippen molar-refractivity contribution in [3.63, 3.8) is 0 Å². The van der Waals surface area contributed by atoms with Gasteiger partial charge < -0.3 is 0 Å². The average molecular weight is 165 g/mol. The highest BCUT2D eigenvalue weighted by Crippen LogP contribution is 2.03. The first-order valence-corrected chi connectivity index (χ1v) is 4.43. The lowest BCUT2D eigenvalue weighted by molar-refractivity contribution is 1.18. The van der Waals surface area contributed by atoms with E-state index in [0.717, 1.165) is 17.8 Å². The minimum absolute atomic E-state index is 1.07. The van der Waals surface area contributed by atoms with Crippen molar-refractivity contribution in [2.24, 2.45) is 4.99 Å². The van der Waals surface area contributed by atoms with Gasteiger partial charge in [0.2, 0.25) is 0 Å². The Kier molecular flexibility index (Phi) is 5.35. The summed E-state index contributed by atoms with van der Waals surface area (Å²) in [6.07, 6.45) is 5.25. The van der Waals surface area contributed by atoms with E-state index in [2.05, 4.69) is 37.9 Å². The molecule has 0 atom stereocenters. The van der Waals surface area contributed by atoms with Gasteiger partial charge in [-0.2, -0.15) is 0 Å². The van der Waals surface area contributed by atoms with E-state index >= 15 is 0 Å². The van der Waals surface area contributed by atoms with Gasteiger partial charge in [0.25, 0.3) is 0 Å². The topological polar surface area (TPSA) is 12.4 Å². The minimum atomic E-state index is 1.07. The van der Waals surface area contributed by atoms with Crippen LogP contribution in [-0.4, -0.2) is 5.71 Å². The predicted octanol–water partition coefficient (Wildman–Crippen LogP) is 3.73. The molecule has 0 aromatic rings. The Labute approximate surface area is 75.9 Å². The molecule has 0 aliphatic carbocycles. The first-order chi connectivity index (χ1) is 5.57. The normalized spacial score (nSPS) is 12.2. The Bertz CT molecular complexity index is 215. The highest BCUT2D eigenvalue weighted by atomic mass is 14.7. The van der Waals surface area contributed by atoms with E-state index in [1.807, 2.05) is 13.8 Å². The lowest BCUT2D eigenvalue weighted by atomic mass is 10.2. The second-order valence-corrected chi connectivity index (χ2v) is 3.15. The molecule has 0 aliphatic heterocycles. The van der Waals surface area contributed by atoms with Crippen LogP contribution in [0.5, 0.6) is 0 Å². The van der Waals surface area contributed by atoms with Crippen molar-refractivity contribution in [3.8, 4) is 0 Å². The van der Waals surface area contributed by atoms with Crippen LogP contribution in [0.25, 0.3) is 0 Å². The van der Waals surface area contributed by atoms with Crippen LogP contribution in [0.3, 0.4) is 0 Å². The fourth-order valence-corrected chi connectivity index (χ4v) is 0.702. The number of allylic oxidation sites excluding steroid dienone is 4. The van der Waals surface area contributed by atoms with E-state index < -0.39 is 0 Å². The largest absolute Gasteiger partial charge is 0.259 e. The van der Waals surface area contributed by atoms with E-state index in [0.29, 0.717) is 0 Å². The number of nitrogens with zero attached hydrogens (tertiary/aromatic N) is 1. The van der Waals surface area contributed by atoms with Gasteiger partial charge in [0.1, 0.15) is 0 Å². The first-order valence-electron chi connectivity index (χ1n) is 4.43. The van der Waals surface area contributed by atoms with Gasteiger partial charge in [-0.1, -0.05) is 18.6 Å². The third kappa shape index (κ3) is 4.89. The summed E-state index contributed by atoms with van der Waals surface area (Å²) >= 11 is 0. The monoisotopic (exact) mass is 165 g/mol. The molecule has 0 fully saturated rings. The summed E-state index contributed by atoms with van der Waals surface area (Å²) in [5, 5.41) is 0. The Hall–Kier alpha value is -0.850. The fourth-order valence-electron chi connectivity index (χ4n) is 0.702. The van der Waals surface area contributed by atoms with Crippen LogP contribution in [0.4, 0.5) is 0 Å². The van der Waals surface area contributed by atoms with E-state index in [-0.39, 0.29) is 0 Å². The molecule has 0 heterocycles. The van der Waals surface area contributed by atoms with Crippen LogP contribution in [-0.2, 0) is 0 Å². The van der Waals surface area contributed by atoms with Gasteiger partial charge in [0.05, 0.1) is 0 Å². The van der Waals surface area contributed by atoms with Crippen LogP contribution >= 0.6 is 0 Å². The molecule has 0 saturated heterocycles. The van der Waals surface area contributed by atoms with Crippen molar-refractivity contribution in [1.29, 1.82) is 0 Å². The first kappa shape index (κ1) is 11.2. The maximum absolute atomic E-state index is 4.42. The summed E-state index contributed by atoms with van der Waals surface area (Å²) in [4.78, 5) is 4.42. The highest BCUT2D eigenvalue weighted by molar-refractivity contribution is 5.93. The number of hydrogen-bond donors (Lipinski definition) is 0. The molecule has 0 aliphatic rings. The summed E-state index contributed by atoms with van der Waals surface area (Å²) in [7, 11) is 0. The minimum Gasteiger partial charge on any atom is -0.259 e. The van der Waals surface area contributed by atoms with Crippen molar-refractivity contribution in [2.45, 2.75) is 41.0 Å². The number of hydrogen-bond acceptors (Lipinski definition) is 1. The Balaban J connectivity index is 4.37. The number of rotatable bonds is 3. The SMILES string of the molecule is CC/C=C/C(C)=NC(C)=C(C)C. The molecular weight excluding hydrogens is 146 g/mol. The quantitative estimate of drug-likeness (QED) is 0.565. The smallest absolute Gasteiger partial charge is 0.0372 e. The van der Waals surface area contributed by atoms with E-state index in [1.54, 1.807) is 0 Å². The third-order valence-electron chi connectivity index (χ3n) is 1.66. The summed E-state index contributed by atoms with van der Waals surface area (Å²) in [6, 6.07) is 0. The van der Waals surface area contributed by atoms with Crippen LogP contribution in [0, 0.1) is 0 Å². The summed E-state index contributed by atoms with van der Waals surface area (Å²) in [6.45, 7) is 10.3. The molecule has 0 aromatic carbocycles. The maximum Gasteiger partial charge on any atom is 0.0372 e. The zero-order chi connectivity index (χ0) is 9.56. The summed E-state index contributed by atoms with van der Waals surface area (Å²) < 4.78 is 0. The van der Waals surface area contributed by atoms with Gasteiger partial charge in [-0.15, -0.1) is 0 Å². The number of aliphatic imine (C=N–C) groups is 1. The third-order valence-corrected chi connectivity index (χ3v) is 1.66. The molecule has 0 rings (SSSR count). The molecular formula is C11H19N. The zero-order valence-electron chi connectivity index (χ0n) is 8.81. The van der Waals surface area contributed by atoms with Gasteiger partial charge in [0.15, 0.2) is 0 Å². The summed E-state index contributed by atoms with van der Waals surface area (Å²) in [5.41, 5.74) is 3.48. The Morgan fingerprint density at radius 2 is 1.75 bits per heavy atom. The molecule has 12 heavy (non-hydrogen) atoms. The van der Waals surface area contributed by atoms with Gasteiger partial charge >= 0.3 is 0 Å². The standard InChI is InChI=1S/C11H19N/c1-6-7-8-10(4)12-11(5)9(2)3/h7-8H,6H2,1-5H3/b8-7+,12-10?. The van der Waals surface area contributed by atoms with Gasteiger partial charge in [-0.05, 0) is 40.2 Å².